The molecule has 3 aromatic rings. The minimum Gasteiger partial charge on any atom is -0.304 e. The average Bonchev–Trinajstić information content (AvgIpc) is 2.57. The molecule has 0 saturated heterocycles. The predicted octanol–water partition coefficient (Wildman–Crippen LogP) is 4.58. The van der Waals surface area contributed by atoms with Crippen LogP contribution < -0.4 is 5.56 Å². The highest BCUT2D eigenvalue weighted by Gasteiger charge is 2.30. The van der Waals surface area contributed by atoms with Gasteiger partial charge < -0.3 is 4.57 Å². The molecule has 0 saturated carbocycles. The van der Waals surface area contributed by atoms with Crippen molar-refractivity contribution < 1.29 is 13.2 Å². The van der Waals surface area contributed by atoms with Crippen LogP contribution in [0, 0.1) is 0 Å². The van der Waals surface area contributed by atoms with E-state index >= 15 is 0 Å². The largest absolute Gasteiger partial charge is 0.416 e. The minimum atomic E-state index is -4.40. The summed E-state index contributed by atoms with van der Waals surface area (Å²) in [6, 6.07) is 19.2. The molecule has 0 spiro atoms. The van der Waals surface area contributed by atoms with E-state index < -0.39 is 11.7 Å². The van der Waals surface area contributed by atoms with Crippen LogP contribution in [-0.2, 0) is 12.7 Å². The number of alkyl halides is 3. The van der Waals surface area contributed by atoms with Crippen molar-refractivity contribution in [2.45, 2.75) is 12.7 Å². The Bertz CT molecular complexity index is 898. The molecule has 0 aliphatic carbocycles. The molecule has 5 heteroatoms. The van der Waals surface area contributed by atoms with Gasteiger partial charge in [-0.3, -0.25) is 4.79 Å². The molecule has 1 aromatic heterocycles. The highest BCUT2D eigenvalue weighted by Crippen LogP contribution is 2.29. The van der Waals surface area contributed by atoms with Gasteiger partial charge in [0.15, 0.2) is 0 Å². The van der Waals surface area contributed by atoms with Crippen LogP contribution in [0.1, 0.15) is 11.1 Å². The number of hydrogen-bond donors (Lipinski definition) is 0. The monoisotopic (exact) mass is 329 g/mol. The lowest BCUT2D eigenvalue weighted by Gasteiger charge is -2.14. The molecule has 2 nitrogen and oxygen atoms in total. The van der Waals surface area contributed by atoms with E-state index in [-0.39, 0.29) is 12.1 Å². The second-order valence-corrected chi connectivity index (χ2v) is 5.40. The SMILES string of the molecule is O=c1cccc(-c2ccccc2)n1Cc1cccc(C(F)(F)F)c1. The van der Waals surface area contributed by atoms with E-state index in [1.54, 1.807) is 18.2 Å². The number of aromatic nitrogens is 1. The van der Waals surface area contributed by atoms with Gasteiger partial charge in [-0.2, -0.15) is 13.2 Å². The Morgan fingerprint density at radius 2 is 1.54 bits per heavy atom. The zero-order valence-corrected chi connectivity index (χ0v) is 12.6. The first-order valence-electron chi connectivity index (χ1n) is 7.36. The molecule has 2 aromatic carbocycles. The van der Waals surface area contributed by atoms with Crippen LogP contribution in [0.5, 0.6) is 0 Å². The van der Waals surface area contributed by atoms with E-state index in [0.29, 0.717) is 11.3 Å². The number of pyridine rings is 1. The van der Waals surface area contributed by atoms with Crippen molar-refractivity contribution in [1.29, 1.82) is 0 Å². The van der Waals surface area contributed by atoms with Crippen molar-refractivity contribution in [3.05, 3.63) is 94.3 Å². The summed E-state index contributed by atoms with van der Waals surface area (Å²) in [6.45, 7) is 0.0772. The summed E-state index contributed by atoms with van der Waals surface area (Å²) in [6.07, 6.45) is -4.40. The summed E-state index contributed by atoms with van der Waals surface area (Å²) >= 11 is 0. The molecule has 0 aliphatic rings. The first-order valence-corrected chi connectivity index (χ1v) is 7.36. The van der Waals surface area contributed by atoms with Crippen LogP contribution >= 0.6 is 0 Å². The summed E-state index contributed by atoms with van der Waals surface area (Å²) in [7, 11) is 0. The Morgan fingerprint density at radius 3 is 2.25 bits per heavy atom. The first kappa shape index (κ1) is 16.1. The van der Waals surface area contributed by atoms with Gasteiger partial charge in [0.2, 0.25) is 0 Å². The standard InChI is InChI=1S/C19H14F3NO/c20-19(21,22)16-9-4-6-14(12-16)13-23-17(10-5-11-18(23)24)15-7-2-1-3-8-15/h1-12H,13H2. The first-order chi connectivity index (χ1) is 11.4. The Morgan fingerprint density at radius 1 is 0.833 bits per heavy atom. The molecule has 0 aliphatic heterocycles. The van der Waals surface area contributed by atoms with Gasteiger partial charge in [0.1, 0.15) is 0 Å². The second-order valence-electron chi connectivity index (χ2n) is 5.40. The van der Waals surface area contributed by atoms with Crippen LogP contribution in [0.3, 0.4) is 0 Å². The molecule has 24 heavy (non-hydrogen) atoms. The van der Waals surface area contributed by atoms with Crippen LogP contribution in [0.2, 0.25) is 0 Å². The lowest BCUT2D eigenvalue weighted by Crippen LogP contribution is -2.21. The lowest BCUT2D eigenvalue weighted by atomic mass is 10.1. The number of benzene rings is 2. The summed E-state index contributed by atoms with van der Waals surface area (Å²) in [4.78, 5) is 12.2. The third-order valence-electron chi connectivity index (χ3n) is 3.71. The molecule has 3 rings (SSSR count). The fraction of sp³-hybridized carbons (Fsp3) is 0.105. The van der Waals surface area contributed by atoms with Crippen molar-refractivity contribution >= 4 is 0 Å². The fourth-order valence-corrected chi connectivity index (χ4v) is 2.57. The molecule has 1 heterocycles. The molecule has 0 radical (unpaired) electrons. The highest BCUT2D eigenvalue weighted by atomic mass is 19.4. The van der Waals surface area contributed by atoms with E-state index in [1.165, 1.54) is 16.7 Å². The van der Waals surface area contributed by atoms with Crippen molar-refractivity contribution in [3.63, 3.8) is 0 Å². The Kier molecular flexibility index (Phi) is 4.25. The smallest absolute Gasteiger partial charge is 0.304 e. The van der Waals surface area contributed by atoms with Crippen LogP contribution in [0.15, 0.2) is 77.6 Å². The highest BCUT2D eigenvalue weighted by molar-refractivity contribution is 5.59. The molecule has 0 N–H and O–H groups in total. The minimum absolute atomic E-state index is 0.0772. The third kappa shape index (κ3) is 3.40. The van der Waals surface area contributed by atoms with Crippen LogP contribution in [0.25, 0.3) is 11.3 Å². The number of hydrogen-bond acceptors (Lipinski definition) is 1. The summed E-state index contributed by atoms with van der Waals surface area (Å²) < 4.78 is 40.1. The van der Waals surface area contributed by atoms with Crippen molar-refractivity contribution in [2.75, 3.05) is 0 Å². The van der Waals surface area contributed by atoms with Crippen molar-refractivity contribution in [3.8, 4) is 11.3 Å². The second kappa shape index (κ2) is 6.35. The van der Waals surface area contributed by atoms with Crippen molar-refractivity contribution in [2.24, 2.45) is 0 Å². The Labute approximate surface area is 136 Å². The fourth-order valence-electron chi connectivity index (χ4n) is 2.57. The Hall–Kier alpha value is -2.82. The lowest BCUT2D eigenvalue weighted by molar-refractivity contribution is -0.137. The van der Waals surface area contributed by atoms with Gasteiger partial charge in [0.05, 0.1) is 17.8 Å². The van der Waals surface area contributed by atoms with Gasteiger partial charge in [-0.25, -0.2) is 0 Å². The molecular weight excluding hydrogens is 315 g/mol. The van der Waals surface area contributed by atoms with E-state index in [0.717, 1.165) is 17.7 Å². The predicted molar refractivity (Wildman–Crippen MR) is 86.7 cm³/mol. The number of halogens is 3. The zero-order chi connectivity index (χ0) is 17.2. The maximum absolute atomic E-state index is 12.9. The van der Waals surface area contributed by atoms with E-state index in [2.05, 4.69) is 0 Å². The zero-order valence-electron chi connectivity index (χ0n) is 12.6. The maximum atomic E-state index is 12.9. The van der Waals surface area contributed by atoms with Gasteiger partial charge in [0, 0.05) is 6.07 Å². The van der Waals surface area contributed by atoms with E-state index in [1.807, 2.05) is 30.3 Å². The quantitative estimate of drug-likeness (QED) is 0.689. The molecule has 0 amide bonds. The van der Waals surface area contributed by atoms with Gasteiger partial charge >= 0.3 is 6.18 Å². The molecular formula is C19H14F3NO. The topological polar surface area (TPSA) is 22.0 Å². The van der Waals surface area contributed by atoms with Gasteiger partial charge in [-0.1, -0.05) is 48.5 Å². The van der Waals surface area contributed by atoms with Gasteiger partial charge in [0.25, 0.3) is 5.56 Å². The van der Waals surface area contributed by atoms with Crippen LogP contribution in [0.4, 0.5) is 13.2 Å². The van der Waals surface area contributed by atoms with Crippen LogP contribution in [-0.4, -0.2) is 4.57 Å². The molecule has 0 fully saturated rings. The molecule has 0 atom stereocenters. The maximum Gasteiger partial charge on any atom is 0.416 e. The molecule has 122 valence electrons. The summed E-state index contributed by atoms with van der Waals surface area (Å²) in [5, 5.41) is 0. The number of nitrogens with zero attached hydrogens (tertiary/aromatic N) is 1. The normalized spacial score (nSPS) is 11.5. The summed E-state index contributed by atoms with van der Waals surface area (Å²) in [5.74, 6) is 0. The van der Waals surface area contributed by atoms with Gasteiger partial charge in [-0.15, -0.1) is 0 Å². The third-order valence-corrected chi connectivity index (χ3v) is 3.71. The Balaban J connectivity index is 2.04. The van der Waals surface area contributed by atoms with E-state index in [4.69, 9.17) is 0 Å². The molecule has 0 bridgehead atoms. The van der Waals surface area contributed by atoms with Crippen molar-refractivity contribution in [1.82, 2.24) is 4.57 Å². The average molecular weight is 329 g/mol. The molecule has 0 unspecified atom stereocenters. The van der Waals surface area contributed by atoms with Gasteiger partial charge in [-0.05, 0) is 29.3 Å². The summed E-state index contributed by atoms with van der Waals surface area (Å²) in [5.41, 5.74) is 0.956. The van der Waals surface area contributed by atoms with E-state index in [9.17, 15) is 18.0 Å². The number of rotatable bonds is 3.